The first-order valence-electron chi connectivity index (χ1n) is 6.90. The summed E-state index contributed by atoms with van der Waals surface area (Å²) < 4.78 is 5.49. The number of nitrogens with one attached hydrogen (secondary N) is 1. The molecular formula is C16H19NO2. The summed E-state index contributed by atoms with van der Waals surface area (Å²) in [7, 11) is 0. The monoisotopic (exact) mass is 257 g/mol. The lowest BCUT2D eigenvalue weighted by Gasteiger charge is -2.19. The Bertz CT molecular complexity index is 560. The topological polar surface area (TPSA) is 45.4 Å². The molecule has 1 aromatic carbocycles. The second kappa shape index (κ2) is 5.49. The molecule has 0 fully saturated rings. The summed E-state index contributed by atoms with van der Waals surface area (Å²) in [6.45, 7) is 0.622. The van der Waals surface area contributed by atoms with Crippen molar-refractivity contribution in [1.82, 2.24) is 0 Å². The molecule has 0 atom stereocenters. The fraction of sp³-hybridized carbons (Fsp3) is 0.375. The molecule has 2 N–H and O–H groups in total. The lowest BCUT2D eigenvalue weighted by Crippen LogP contribution is -2.08. The molecule has 100 valence electrons. The SMILES string of the molecule is OCc1ccc(CNc2cccc3c2CCCC3)o1. The van der Waals surface area contributed by atoms with Crippen LogP contribution in [0.2, 0.25) is 0 Å². The second-order valence-electron chi connectivity index (χ2n) is 5.03. The number of fused-ring (bicyclic) bond motifs is 1. The van der Waals surface area contributed by atoms with Crippen molar-refractivity contribution in [3.8, 4) is 0 Å². The molecule has 1 aliphatic carbocycles. The highest BCUT2D eigenvalue weighted by atomic mass is 16.4. The van der Waals surface area contributed by atoms with Gasteiger partial charge in [-0.15, -0.1) is 0 Å². The Hall–Kier alpha value is -1.74. The number of aliphatic hydroxyl groups is 1. The lowest BCUT2D eigenvalue weighted by atomic mass is 9.90. The number of furan rings is 1. The maximum absolute atomic E-state index is 8.98. The zero-order valence-electron chi connectivity index (χ0n) is 11.0. The first-order chi connectivity index (χ1) is 9.36. The Balaban J connectivity index is 1.73. The van der Waals surface area contributed by atoms with Crippen LogP contribution in [0.3, 0.4) is 0 Å². The van der Waals surface area contributed by atoms with Crippen molar-refractivity contribution in [3.05, 3.63) is 53.0 Å². The van der Waals surface area contributed by atoms with Gasteiger partial charge in [-0.25, -0.2) is 0 Å². The Morgan fingerprint density at radius 1 is 1.05 bits per heavy atom. The van der Waals surface area contributed by atoms with Crippen molar-refractivity contribution in [2.45, 2.75) is 38.8 Å². The lowest BCUT2D eigenvalue weighted by molar-refractivity contribution is 0.244. The van der Waals surface area contributed by atoms with E-state index in [9.17, 15) is 0 Å². The molecule has 1 aromatic heterocycles. The Morgan fingerprint density at radius 2 is 1.89 bits per heavy atom. The Kier molecular flexibility index (Phi) is 3.56. The molecule has 0 spiro atoms. The molecule has 2 aromatic rings. The molecule has 3 heteroatoms. The third kappa shape index (κ3) is 2.66. The van der Waals surface area contributed by atoms with Crippen LogP contribution >= 0.6 is 0 Å². The number of aryl methyl sites for hydroxylation is 1. The predicted molar refractivity (Wildman–Crippen MR) is 75.0 cm³/mol. The number of rotatable bonds is 4. The summed E-state index contributed by atoms with van der Waals surface area (Å²) in [4.78, 5) is 0. The van der Waals surface area contributed by atoms with Crippen LogP contribution in [0.4, 0.5) is 5.69 Å². The Labute approximate surface area is 113 Å². The zero-order valence-corrected chi connectivity index (χ0v) is 11.0. The van der Waals surface area contributed by atoms with Gasteiger partial charge in [0.1, 0.15) is 18.1 Å². The molecular weight excluding hydrogens is 238 g/mol. The van der Waals surface area contributed by atoms with Gasteiger partial charge in [-0.1, -0.05) is 12.1 Å². The van der Waals surface area contributed by atoms with Gasteiger partial charge in [-0.3, -0.25) is 0 Å². The normalized spacial score (nSPS) is 14.2. The van der Waals surface area contributed by atoms with E-state index in [1.165, 1.54) is 42.5 Å². The fourth-order valence-corrected chi connectivity index (χ4v) is 2.73. The van der Waals surface area contributed by atoms with E-state index in [4.69, 9.17) is 9.52 Å². The van der Waals surface area contributed by atoms with E-state index in [0.717, 1.165) is 5.76 Å². The molecule has 19 heavy (non-hydrogen) atoms. The smallest absolute Gasteiger partial charge is 0.129 e. The van der Waals surface area contributed by atoms with Crippen LogP contribution < -0.4 is 5.32 Å². The average Bonchev–Trinajstić information content (AvgIpc) is 2.93. The van der Waals surface area contributed by atoms with Gasteiger partial charge in [0.05, 0.1) is 6.54 Å². The van der Waals surface area contributed by atoms with Gasteiger partial charge >= 0.3 is 0 Å². The Morgan fingerprint density at radius 3 is 2.74 bits per heavy atom. The van der Waals surface area contributed by atoms with Crippen LogP contribution in [0.5, 0.6) is 0 Å². The maximum Gasteiger partial charge on any atom is 0.129 e. The van der Waals surface area contributed by atoms with E-state index in [-0.39, 0.29) is 6.61 Å². The van der Waals surface area contributed by atoms with Crippen molar-refractivity contribution in [2.24, 2.45) is 0 Å². The minimum atomic E-state index is -0.0409. The van der Waals surface area contributed by atoms with Crippen LogP contribution in [0.25, 0.3) is 0 Å². The number of hydrogen-bond donors (Lipinski definition) is 2. The summed E-state index contributed by atoms with van der Waals surface area (Å²) in [6, 6.07) is 10.2. The van der Waals surface area contributed by atoms with Gasteiger partial charge in [-0.05, 0) is 55.0 Å². The molecule has 3 rings (SSSR count). The highest BCUT2D eigenvalue weighted by Gasteiger charge is 2.12. The van der Waals surface area contributed by atoms with E-state index in [0.29, 0.717) is 12.3 Å². The van der Waals surface area contributed by atoms with Gasteiger partial charge in [0.15, 0.2) is 0 Å². The standard InChI is InChI=1S/C16H19NO2/c18-11-14-9-8-13(19-14)10-17-16-7-3-5-12-4-1-2-6-15(12)16/h3,5,7-9,17-18H,1-2,4,6,10-11H2. The largest absolute Gasteiger partial charge is 0.462 e. The summed E-state index contributed by atoms with van der Waals surface area (Å²) in [5.74, 6) is 1.48. The highest BCUT2D eigenvalue weighted by Crippen LogP contribution is 2.28. The molecule has 0 radical (unpaired) electrons. The van der Waals surface area contributed by atoms with Crippen LogP contribution in [0.1, 0.15) is 35.5 Å². The zero-order chi connectivity index (χ0) is 13.1. The summed E-state index contributed by atoms with van der Waals surface area (Å²) >= 11 is 0. The molecule has 1 aliphatic rings. The van der Waals surface area contributed by atoms with Gasteiger partial charge in [0, 0.05) is 5.69 Å². The minimum Gasteiger partial charge on any atom is -0.462 e. The van der Waals surface area contributed by atoms with Crippen LogP contribution in [-0.4, -0.2) is 5.11 Å². The quantitative estimate of drug-likeness (QED) is 0.883. The summed E-state index contributed by atoms with van der Waals surface area (Å²) in [5, 5.41) is 12.4. The van der Waals surface area contributed by atoms with E-state index in [1.54, 1.807) is 0 Å². The van der Waals surface area contributed by atoms with Gasteiger partial charge in [0.2, 0.25) is 0 Å². The summed E-state index contributed by atoms with van der Waals surface area (Å²) in [6.07, 6.45) is 4.94. The van der Waals surface area contributed by atoms with Crippen LogP contribution in [-0.2, 0) is 26.0 Å². The van der Waals surface area contributed by atoms with Gasteiger partial charge in [0.25, 0.3) is 0 Å². The maximum atomic E-state index is 8.98. The van der Waals surface area contributed by atoms with Gasteiger partial charge < -0.3 is 14.8 Å². The predicted octanol–water partition coefficient (Wildman–Crippen LogP) is 3.26. The van der Waals surface area contributed by atoms with E-state index in [2.05, 4.69) is 23.5 Å². The fourth-order valence-electron chi connectivity index (χ4n) is 2.73. The molecule has 3 nitrogen and oxygen atoms in total. The van der Waals surface area contributed by atoms with Crippen molar-refractivity contribution in [1.29, 1.82) is 0 Å². The van der Waals surface area contributed by atoms with Crippen molar-refractivity contribution in [3.63, 3.8) is 0 Å². The molecule has 0 unspecified atom stereocenters. The van der Waals surface area contributed by atoms with Crippen LogP contribution in [0, 0.1) is 0 Å². The van der Waals surface area contributed by atoms with Crippen molar-refractivity contribution < 1.29 is 9.52 Å². The number of hydrogen-bond acceptors (Lipinski definition) is 3. The highest BCUT2D eigenvalue weighted by molar-refractivity contribution is 5.55. The molecule has 0 saturated carbocycles. The third-order valence-electron chi connectivity index (χ3n) is 3.72. The van der Waals surface area contributed by atoms with Crippen molar-refractivity contribution >= 4 is 5.69 Å². The second-order valence-corrected chi connectivity index (χ2v) is 5.03. The summed E-state index contributed by atoms with van der Waals surface area (Å²) in [5.41, 5.74) is 4.16. The number of aliphatic hydroxyl groups excluding tert-OH is 1. The van der Waals surface area contributed by atoms with E-state index in [1.807, 2.05) is 12.1 Å². The molecule has 1 heterocycles. The van der Waals surface area contributed by atoms with Gasteiger partial charge in [-0.2, -0.15) is 0 Å². The first kappa shape index (κ1) is 12.3. The van der Waals surface area contributed by atoms with E-state index < -0.39 is 0 Å². The number of anilines is 1. The number of benzene rings is 1. The average molecular weight is 257 g/mol. The molecule has 0 saturated heterocycles. The minimum absolute atomic E-state index is 0.0409. The third-order valence-corrected chi connectivity index (χ3v) is 3.72. The van der Waals surface area contributed by atoms with Crippen LogP contribution in [0.15, 0.2) is 34.7 Å². The van der Waals surface area contributed by atoms with Crippen molar-refractivity contribution in [2.75, 3.05) is 5.32 Å². The molecule has 0 bridgehead atoms. The molecule has 0 amide bonds. The van der Waals surface area contributed by atoms with E-state index >= 15 is 0 Å². The first-order valence-corrected chi connectivity index (χ1v) is 6.90. The molecule has 0 aliphatic heterocycles.